The van der Waals surface area contributed by atoms with E-state index in [0.717, 1.165) is 18.4 Å². The molecule has 0 spiro atoms. The lowest BCUT2D eigenvalue weighted by atomic mass is 9.39. The van der Waals surface area contributed by atoms with E-state index in [0.29, 0.717) is 25.0 Å². The summed E-state index contributed by atoms with van der Waals surface area (Å²) in [6.45, 7) is 17.9. The molecule has 4 atom stereocenters. The minimum atomic E-state index is -1.70. The van der Waals surface area contributed by atoms with E-state index in [1.54, 1.807) is 13.8 Å². The number of carbonyl (C=O) groups is 3. The second-order valence-electron chi connectivity index (χ2n) is 11.9. The molecule has 0 aromatic rings. The summed E-state index contributed by atoms with van der Waals surface area (Å²) in [5, 5.41) is 0. The molecule has 194 valence electrons. The van der Waals surface area contributed by atoms with Gasteiger partial charge in [-0.2, -0.15) is 0 Å². The van der Waals surface area contributed by atoms with Crippen molar-refractivity contribution >= 4 is 17.3 Å². The summed E-state index contributed by atoms with van der Waals surface area (Å²) in [5.74, 6) is -0.956. The molecule has 0 saturated heterocycles. The largest absolute Gasteiger partial charge is 0.500 e. The van der Waals surface area contributed by atoms with E-state index in [9.17, 15) is 14.4 Å². The summed E-state index contributed by atoms with van der Waals surface area (Å²) < 4.78 is 5.75. The Bertz CT molecular complexity index is 979. The lowest BCUT2D eigenvalue weighted by molar-refractivity contribution is -0.180. The molecule has 0 amide bonds. The quantitative estimate of drug-likeness (QED) is 0.241. The maximum absolute atomic E-state index is 14.8. The number of rotatable bonds is 10. The van der Waals surface area contributed by atoms with Crippen LogP contribution in [0.15, 0.2) is 46.8 Å². The third kappa shape index (κ3) is 4.90. The summed E-state index contributed by atoms with van der Waals surface area (Å²) >= 11 is 0. The van der Waals surface area contributed by atoms with Gasteiger partial charge in [-0.3, -0.25) is 14.4 Å². The van der Waals surface area contributed by atoms with Gasteiger partial charge in [-0.25, -0.2) is 0 Å². The van der Waals surface area contributed by atoms with Crippen molar-refractivity contribution in [3.05, 3.63) is 46.8 Å². The first kappa shape index (κ1) is 29.0. The number of ketones is 3. The Kier molecular flexibility index (Phi) is 8.95. The van der Waals surface area contributed by atoms with Gasteiger partial charge in [-0.05, 0) is 85.0 Å². The number of carbonyl (C=O) groups excluding carboxylic acids is 3. The lowest BCUT2D eigenvalue weighted by Gasteiger charge is -2.60. The van der Waals surface area contributed by atoms with Crippen LogP contribution in [0.4, 0.5) is 0 Å². The van der Waals surface area contributed by atoms with Crippen LogP contribution in [0.25, 0.3) is 0 Å². The summed E-state index contributed by atoms with van der Waals surface area (Å²) in [5.41, 5.74) is -0.0406. The Labute approximate surface area is 213 Å². The first-order chi connectivity index (χ1) is 16.2. The molecule has 1 fully saturated rings. The lowest BCUT2D eigenvalue weighted by Crippen LogP contribution is -2.70. The Morgan fingerprint density at radius 1 is 1.03 bits per heavy atom. The zero-order chi connectivity index (χ0) is 26.8. The molecule has 2 rings (SSSR count). The number of ether oxygens (including phenoxy) is 1. The van der Waals surface area contributed by atoms with E-state index in [-0.39, 0.29) is 17.5 Å². The normalized spacial score (nSPS) is 29.9. The van der Waals surface area contributed by atoms with Crippen LogP contribution in [0, 0.1) is 28.1 Å². The van der Waals surface area contributed by atoms with Gasteiger partial charge in [0.05, 0.1) is 12.5 Å². The maximum atomic E-state index is 14.8. The van der Waals surface area contributed by atoms with E-state index >= 15 is 0 Å². The van der Waals surface area contributed by atoms with Crippen LogP contribution >= 0.6 is 0 Å². The molecule has 0 N–H and O–H groups in total. The van der Waals surface area contributed by atoms with E-state index in [1.165, 1.54) is 24.3 Å². The molecular formula is C31H46O4. The van der Waals surface area contributed by atoms with E-state index < -0.39 is 27.9 Å². The van der Waals surface area contributed by atoms with E-state index in [2.05, 4.69) is 32.1 Å². The minimum absolute atomic E-state index is 0.0308. The van der Waals surface area contributed by atoms with Crippen molar-refractivity contribution in [2.75, 3.05) is 7.11 Å². The number of hydrogen-bond acceptors (Lipinski definition) is 4. The second kappa shape index (κ2) is 10.8. The van der Waals surface area contributed by atoms with Gasteiger partial charge in [-0.15, -0.1) is 0 Å². The minimum Gasteiger partial charge on any atom is -0.500 e. The SMILES string of the molecule is COC1=CC(=O)[C@@]2(C(=O)C(C)C)C(=O)[C@]1(CC=C(C)C)C[C@H](CC=C(C)C)[C@@]2(C)CCC=C(C)C. The molecule has 0 aromatic heterocycles. The van der Waals surface area contributed by atoms with Crippen molar-refractivity contribution in [2.24, 2.45) is 28.1 Å². The zero-order valence-electron chi connectivity index (χ0n) is 23.6. The summed E-state index contributed by atoms with van der Waals surface area (Å²) in [7, 11) is 1.53. The number of Topliss-reactive ketones (excluding diaryl/α,β-unsaturated/α-hetero) is 2. The van der Waals surface area contributed by atoms with Crippen LogP contribution in [0.2, 0.25) is 0 Å². The molecule has 4 heteroatoms. The number of methoxy groups -OCH3 is 1. The Morgan fingerprint density at radius 3 is 2.09 bits per heavy atom. The standard InChI is InChI=1S/C31H46O4/c1-20(2)12-11-16-29(9)24(14-13-21(3)4)19-30(17-15-22(5)6)26(35-10)18-25(32)31(29,28(30)34)27(33)23(7)8/h12-13,15,18,23-24H,11,14,16-17,19H2,1-10H3/t24-,29+,30+,31+/m0/s1. The van der Waals surface area contributed by atoms with Gasteiger partial charge in [0.15, 0.2) is 22.8 Å². The highest BCUT2D eigenvalue weighted by Gasteiger charge is 2.74. The fourth-order valence-corrected chi connectivity index (χ4v) is 6.27. The molecule has 0 aliphatic heterocycles. The summed E-state index contributed by atoms with van der Waals surface area (Å²) in [4.78, 5) is 43.0. The smallest absolute Gasteiger partial charge is 0.180 e. The van der Waals surface area contributed by atoms with Crippen molar-refractivity contribution < 1.29 is 19.1 Å². The number of allylic oxidation sites excluding steroid dienone is 8. The molecule has 4 nitrogen and oxygen atoms in total. The van der Waals surface area contributed by atoms with E-state index in [4.69, 9.17) is 4.74 Å². The molecule has 0 radical (unpaired) electrons. The van der Waals surface area contributed by atoms with Gasteiger partial charge in [0.1, 0.15) is 5.76 Å². The van der Waals surface area contributed by atoms with Gasteiger partial charge in [-0.1, -0.05) is 55.7 Å². The van der Waals surface area contributed by atoms with Crippen molar-refractivity contribution in [2.45, 2.75) is 94.4 Å². The van der Waals surface area contributed by atoms with Crippen LogP contribution in [-0.4, -0.2) is 24.5 Å². The van der Waals surface area contributed by atoms with Gasteiger partial charge in [0, 0.05) is 12.0 Å². The predicted molar refractivity (Wildman–Crippen MR) is 143 cm³/mol. The first-order valence-electron chi connectivity index (χ1n) is 13.0. The highest BCUT2D eigenvalue weighted by molar-refractivity contribution is 6.32. The van der Waals surface area contributed by atoms with Crippen molar-refractivity contribution in [1.82, 2.24) is 0 Å². The average molecular weight is 483 g/mol. The Morgan fingerprint density at radius 2 is 1.60 bits per heavy atom. The fraction of sp³-hybridized carbons (Fsp3) is 0.645. The Balaban J connectivity index is 2.95. The van der Waals surface area contributed by atoms with Gasteiger partial charge in [0.2, 0.25) is 0 Å². The van der Waals surface area contributed by atoms with Crippen molar-refractivity contribution in [1.29, 1.82) is 0 Å². The molecule has 0 unspecified atom stereocenters. The zero-order valence-corrected chi connectivity index (χ0v) is 23.6. The van der Waals surface area contributed by atoms with E-state index in [1.807, 2.05) is 34.6 Å². The molecule has 35 heavy (non-hydrogen) atoms. The highest BCUT2D eigenvalue weighted by atomic mass is 16.5. The topological polar surface area (TPSA) is 60.4 Å². The second-order valence-corrected chi connectivity index (χ2v) is 11.9. The van der Waals surface area contributed by atoms with Gasteiger partial charge < -0.3 is 4.74 Å². The van der Waals surface area contributed by atoms with Gasteiger partial charge >= 0.3 is 0 Å². The molecule has 1 saturated carbocycles. The van der Waals surface area contributed by atoms with Crippen molar-refractivity contribution in [3.8, 4) is 0 Å². The third-order valence-corrected chi connectivity index (χ3v) is 8.23. The van der Waals surface area contributed by atoms with Crippen LogP contribution in [0.3, 0.4) is 0 Å². The van der Waals surface area contributed by atoms with Crippen LogP contribution in [-0.2, 0) is 19.1 Å². The van der Waals surface area contributed by atoms with Crippen LogP contribution < -0.4 is 0 Å². The Hall–Kier alpha value is -2.23. The van der Waals surface area contributed by atoms with Crippen LogP contribution in [0.1, 0.15) is 94.4 Å². The summed E-state index contributed by atoms with van der Waals surface area (Å²) in [6.07, 6.45) is 10.9. The fourth-order valence-electron chi connectivity index (χ4n) is 6.27. The first-order valence-corrected chi connectivity index (χ1v) is 13.0. The molecule has 0 heterocycles. The predicted octanol–water partition coefficient (Wildman–Crippen LogP) is 7.35. The van der Waals surface area contributed by atoms with Crippen molar-refractivity contribution in [3.63, 3.8) is 0 Å². The van der Waals surface area contributed by atoms with Gasteiger partial charge in [0.25, 0.3) is 0 Å². The third-order valence-electron chi connectivity index (χ3n) is 8.23. The molecule has 0 aromatic carbocycles. The highest BCUT2D eigenvalue weighted by Crippen LogP contribution is 2.66. The molecule has 2 aliphatic carbocycles. The summed E-state index contributed by atoms with van der Waals surface area (Å²) in [6, 6.07) is 0. The number of hydrogen-bond donors (Lipinski definition) is 0. The molecule has 2 bridgehead atoms. The van der Waals surface area contributed by atoms with Crippen LogP contribution in [0.5, 0.6) is 0 Å². The molecular weight excluding hydrogens is 436 g/mol. The molecule has 2 aliphatic rings. The number of fused-ring (bicyclic) bond motifs is 2. The maximum Gasteiger partial charge on any atom is 0.180 e. The average Bonchev–Trinajstić information content (AvgIpc) is 2.75. The monoisotopic (exact) mass is 482 g/mol.